The zero-order valence-electron chi connectivity index (χ0n) is 14.9. The van der Waals surface area contributed by atoms with Gasteiger partial charge in [0.1, 0.15) is 11.4 Å². The Labute approximate surface area is 144 Å². The first-order chi connectivity index (χ1) is 11.5. The van der Waals surface area contributed by atoms with Crippen molar-refractivity contribution >= 4 is 0 Å². The van der Waals surface area contributed by atoms with E-state index in [-0.39, 0.29) is 11.2 Å². The summed E-state index contributed by atoms with van der Waals surface area (Å²) in [5.74, 6) is 1.05. The van der Waals surface area contributed by atoms with Crippen LogP contribution in [0, 0.1) is 0 Å². The molecule has 0 amide bonds. The lowest BCUT2D eigenvalue weighted by Gasteiger charge is -2.43. The van der Waals surface area contributed by atoms with Crippen molar-refractivity contribution in [2.75, 3.05) is 19.8 Å². The predicted molar refractivity (Wildman–Crippen MR) is 93.5 cm³/mol. The molecule has 1 unspecified atom stereocenters. The minimum atomic E-state index is -0.0650. The highest BCUT2D eigenvalue weighted by molar-refractivity contribution is 5.41. The highest BCUT2D eigenvalue weighted by Crippen LogP contribution is 2.36. The third kappa shape index (κ3) is 3.46. The number of ether oxygens (including phenoxy) is 3. The molecule has 132 valence electrons. The first kappa shape index (κ1) is 16.4. The van der Waals surface area contributed by atoms with E-state index in [1.807, 2.05) is 0 Å². The molecular weight excluding hydrogens is 302 g/mol. The lowest BCUT2D eigenvalue weighted by molar-refractivity contribution is -0.140. The van der Waals surface area contributed by atoms with Crippen molar-refractivity contribution in [2.45, 2.75) is 69.7 Å². The Hall–Kier alpha value is -1.10. The van der Waals surface area contributed by atoms with Gasteiger partial charge in [0, 0.05) is 38.8 Å². The molecule has 3 heterocycles. The molecule has 3 aliphatic heterocycles. The van der Waals surface area contributed by atoms with E-state index in [4.69, 9.17) is 14.2 Å². The number of hydrogen-bond acceptors (Lipinski definition) is 4. The Morgan fingerprint density at radius 1 is 1.17 bits per heavy atom. The first-order valence-electron chi connectivity index (χ1n) is 9.30. The molecular formula is C20H29NO3. The molecule has 4 nitrogen and oxygen atoms in total. The SMILES string of the molecule is CC1(C)Cc2cc(CNC3CCOC4(CCOCC4)C3)ccc2O1. The van der Waals surface area contributed by atoms with Crippen molar-refractivity contribution in [1.29, 1.82) is 0 Å². The molecule has 1 spiro atoms. The summed E-state index contributed by atoms with van der Waals surface area (Å²) in [5.41, 5.74) is 2.68. The van der Waals surface area contributed by atoms with Gasteiger partial charge in [0.25, 0.3) is 0 Å². The van der Waals surface area contributed by atoms with Crippen LogP contribution in [0.2, 0.25) is 0 Å². The number of rotatable bonds is 3. The van der Waals surface area contributed by atoms with Crippen molar-refractivity contribution in [3.05, 3.63) is 29.3 Å². The number of nitrogens with one attached hydrogen (secondary N) is 1. The summed E-state index contributed by atoms with van der Waals surface area (Å²) in [6, 6.07) is 7.17. The van der Waals surface area contributed by atoms with E-state index < -0.39 is 0 Å². The molecule has 24 heavy (non-hydrogen) atoms. The zero-order valence-corrected chi connectivity index (χ0v) is 14.9. The van der Waals surface area contributed by atoms with Gasteiger partial charge in [0.05, 0.1) is 5.60 Å². The quantitative estimate of drug-likeness (QED) is 0.923. The minimum absolute atomic E-state index is 0.0595. The van der Waals surface area contributed by atoms with Crippen LogP contribution >= 0.6 is 0 Å². The number of hydrogen-bond donors (Lipinski definition) is 1. The zero-order chi connectivity index (χ0) is 16.6. The highest BCUT2D eigenvalue weighted by Gasteiger charge is 2.38. The number of benzene rings is 1. The Balaban J connectivity index is 1.35. The average molecular weight is 331 g/mol. The third-order valence-electron chi connectivity index (χ3n) is 5.62. The second-order valence-corrected chi connectivity index (χ2v) is 8.20. The predicted octanol–water partition coefficient (Wildman–Crippen LogP) is 3.22. The van der Waals surface area contributed by atoms with Crippen LogP contribution < -0.4 is 10.1 Å². The van der Waals surface area contributed by atoms with Crippen LogP contribution in [-0.4, -0.2) is 37.1 Å². The maximum Gasteiger partial charge on any atom is 0.123 e. The monoisotopic (exact) mass is 331 g/mol. The van der Waals surface area contributed by atoms with Crippen LogP contribution in [0.15, 0.2) is 18.2 Å². The average Bonchev–Trinajstić information content (AvgIpc) is 2.87. The lowest BCUT2D eigenvalue weighted by atomic mass is 9.84. The molecule has 0 aromatic heterocycles. The molecule has 2 saturated heterocycles. The van der Waals surface area contributed by atoms with E-state index >= 15 is 0 Å². The molecule has 1 atom stereocenters. The normalized spacial score (nSPS) is 27.7. The summed E-state index contributed by atoms with van der Waals surface area (Å²) in [7, 11) is 0. The van der Waals surface area contributed by atoms with Gasteiger partial charge in [-0.05, 0) is 56.7 Å². The van der Waals surface area contributed by atoms with E-state index in [2.05, 4.69) is 37.4 Å². The fourth-order valence-electron chi connectivity index (χ4n) is 4.33. The molecule has 0 saturated carbocycles. The van der Waals surface area contributed by atoms with Crippen LogP contribution in [0.25, 0.3) is 0 Å². The van der Waals surface area contributed by atoms with Gasteiger partial charge in [0.15, 0.2) is 0 Å². The van der Waals surface area contributed by atoms with Gasteiger partial charge in [-0.3, -0.25) is 0 Å². The summed E-state index contributed by atoms with van der Waals surface area (Å²) in [4.78, 5) is 0. The molecule has 4 heteroatoms. The van der Waals surface area contributed by atoms with Crippen molar-refractivity contribution in [3.63, 3.8) is 0 Å². The molecule has 1 aromatic rings. The van der Waals surface area contributed by atoms with Crippen LogP contribution in [0.3, 0.4) is 0 Å². The van der Waals surface area contributed by atoms with Gasteiger partial charge in [-0.1, -0.05) is 12.1 Å². The maximum atomic E-state index is 6.14. The topological polar surface area (TPSA) is 39.7 Å². The fourth-order valence-corrected chi connectivity index (χ4v) is 4.33. The van der Waals surface area contributed by atoms with Gasteiger partial charge >= 0.3 is 0 Å². The summed E-state index contributed by atoms with van der Waals surface area (Å²) in [5, 5.41) is 3.76. The van der Waals surface area contributed by atoms with E-state index in [1.165, 1.54) is 11.1 Å². The molecule has 1 aromatic carbocycles. The van der Waals surface area contributed by atoms with Crippen LogP contribution in [0.4, 0.5) is 0 Å². The Bertz CT molecular complexity index is 587. The van der Waals surface area contributed by atoms with Crippen molar-refractivity contribution in [1.82, 2.24) is 5.32 Å². The van der Waals surface area contributed by atoms with Crippen LogP contribution in [0.1, 0.15) is 50.7 Å². The highest BCUT2D eigenvalue weighted by atomic mass is 16.5. The van der Waals surface area contributed by atoms with Crippen LogP contribution in [0.5, 0.6) is 5.75 Å². The van der Waals surface area contributed by atoms with Gasteiger partial charge in [0.2, 0.25) is 0 Å². The summed E-state index contributed by atoms with van der Waals surface area (Å²) >= 11 is 0. The first-order valence-corrected chi connectivity index (χ1v) is 9.30. The number of fused-ring (bicyclic) bond motifs is 1. The van der Waals surface area contributed by atoms with Crippen molar-refractivity contribution < 1.29 is 14.2 Å². The molecule has 0 aliphatic carbocycles. The summed E-state index contributed by atoms with van der Waals surface area (Å²) in [6.45, 7) is 7.77. The van der Waals surface area contributed by atoms with Gasteiger partial charge in [-0.15, -0.1) is 0 Å². The Kier molecular flexibility index (Phi) is 4.31. The van der Waals surface area contributed by atoms with Gasteiger partial charge < -0.3 is 19.5 Å². The standard InChI is InChI=1S/C20H29NO3/c1-19(2)12-16-11-15(3-4-18(16)24-19)14-21-17-5-8-23-20(13-17)6-9-22-10-7-20/h3-4,11,17,21H,5-10,12-14H2,1-2H3. The van der Waals surface area contributed by atoms with E-state index in [9.17, 15) is 0 Å². The summed E-state index contributed by atoms with van der Waals surface area (Å²) in [6.07, 6.45) is 5.28. The van der Waals surface area contributed by atoms with Crippen molar-refractivity contribution in [3.8, 4) is 5.75 Å². The molecule has 4 rings (SSSR count). The summed E-state index contributed by atoms with van der Waals surface area (Å²) < 4.78 is 17.6. The fraction of sp³-hybridized carbons (Fsp3) is 0.700. The van der Waals surface area contributed by atoms with Crippen LogP contribution in [-0.2, 0) is 22.4 Å². The minimum Gasteiger partial charge on any atom is -0.487 e. The Morgan fingerprint density at radius 3 is 2.83 bits per heavy atom. The molecule has 0 bridgehead atoms. The molecule has 2 fully saturated rings. The second-order valence-electron chi connectivity index (χ2n) is 8.20. The molecule has 1 N–H and O–H groups in total. The van der Waals surface area contributed by atoms with Gasteiger partial charge in [-0.2, -0.15) is 0 Å². The van der Waals surface area contributed by atoms with E-state index in [0.29, 0.717) is 6.04 Å². The second kappa shape index (κ2) is 6.32. The molecule has 3 aliphatic rings. The van der Waals surface area contributed by atoms with Crippen molar-refractivity contribution in [2.24, 2.45) is 0 Å². The maximum absolute atomic E-state index is 6.14. The smallest absolute Gasteiger partial charge is 0.123 e. The largest absolute Gasteiger partial charge is 0.487 e. The molecule has 0 radical (unpaired) electrons. The van der Waals surface area contributed by atoms with E-state index in [0.717, 1.165) is 64.2 Å². The van der Waals surface area contributed by atoms with E-state index in [1.54, 1.807) is 0 Å². The lowest BCUT2D eigenvalue weighted by Crippen LogP contribution is -2.49. The third-order valence-corrected chi connectivity index (χ3v) is 5.62. The Morgan fingerprint density at radius 2 is 2.00 bits per heavy atom. The van der Waals surface area contributed by atoms with Gasteiger partial charge in [-0.25, -0.2) is 0 Å².